The number of piperidine rings is 1. The van der Waals surface area contributed by atoms with Crippen LogP contribution in [0.1, 0.15) is 44.8 Å². The van der Waals surface area contributed by atoms with Crippen molar-refractivity contribution < 1.29 is 23.6 Å². The standard InChI is InChI=1S/C23H19FN4O4/c1-11-14-3-2-4-16(24)20(14)27-19(11)22(31)25-13-5-6-15-12(9-13)10-28(23(15)32)17-7-8-18(29)26-21(17)30/h2-6,9,17,27H,7-8,10H2,1H3,(H,25,31)(H,26,29,30). The number of carbonyl (C=O) groups is 4. The number of benzene rings is 2. The Hall–Kier alpha value is -4.01. The quantitative estimate of drug-likeness (QED) is 0.550. The zero-order chi connectivity index (χ0) is 22.6. The Labute approximate surface area is 181 Å². The van der Waals surface area contributed by atoms with Crippen LogP contribution in [-0.4, -0.2) is 39.6 Å². The van der Waals surface area contributed by atoms with E-state index in [0.717, 1.165) is 0 Å². The van der Waals surface area contributed by atoms with E-state index in [9.17, 15) is 23.6 Å². The molecule has 1 atom stereocenters. The topological polar surface area (TPSA) is 111 Å². The van der Waals surface area contributed by atoms with Gasteiger partial charge in [-0.05, 0) is 48.7 Å². The average molecular weight is 434 g/mol. The van der Waals surface area contributed by atoms with Crippen molar-refractivity contribution in [2.24, 2.45) is 0 Å². The summed E-state index contributed by atoms with van der Waals surface area (Å²) in [6.45, 7) is 1.95. The van der Waals surface area contributed by atoms with Crippen LogP contribution < -0.4 is 10.6 Å². The van der Waals surface area contributed by atoms with Gasteiger partial charge in [-0.3, -0.25) is 24.5 Å². The summed E-state index contributed by atoms with van der Waals surface area (Å²) < 4.78 is 14.0. The summed E-state index contributed by atoms with van der Waals surface area (Å²) in [7, 11) is 0. The molecule has 4 amide bonds. The lowest BCUT2D eigenvalue weighted by Gasteiger charge is -2.29. The van der Waals surface area contributed by atoms with E-state index in [-0.39, 0.29) is 42.4 Å². The molecule has 0 spiro atoms. The number of imide groups is 1. The number of H-pyrrole nitrogens is 1. The molecule has 8 nitrogen and oxygen atoms in total. The van der Waals surface area contributed by atoms with Crippen molar-refractivity contribution in [3.05, 3.63) is 64.6 Å². The van der Waals surface area contributed by atoms with Crippen LogP contribution in [0.15, 0.2) is 36.4 Å². The largest absolute Gasteiger partial charge is 0.348 e. The van der Waals surface area contributed by atoms with Crippen molar-refractivity contribution in [2.45, 2.75) is 32.4 Å². The van der Waals surface area contributed by atoms with Crippen LogP contribution in [-0.2, 0) is 16.1 Å². The normalized spacial score (nSPS) is 18.1. The molecule has 3 N–H and O–H groups in total. The fraction of sp³-hybridized carbons (Fsp3) is 0.217. The fourth-order valence-electron chi connectivity index (χ4n) is 4.39. The maximum atomic E-state index is 14.0. The van der Waals surface area contributed by atoms with E-state index in [1.807, 2.05) is 0 Å². The summed E-state index contributed by atoms with van der Waals surface area (Å²) in [5.41, 5.74) is 2.78. The first kappa shape index (κ1) is 19.9. The fourth-order valence-corrected chi connectivity index (χ4v) is 4.39. The highest BCUT2D eigenvalue weighted by atomic mass is 19.1. The highest BCUT2D eigenvalue weighted by Crippen LogP contribution is 2.30. The number of fused-ring (bicyclic) bond motifs is 2. The number of anilines is 1. The summed E-state index contributed by atoms with van der Waals surface area (Å²) in [6.07, 6.45) is 0.465. The number of amides is 4. The van der Waals surface area contributed by atoms with E-state index in [1.54, 1.807) is 37.3 Å². The van der Waals surface area contributed by atoms with Crippen LogP contribution in [0.4, 0.5) is 10.1 Å². The molecule has 0 aliphatic carbocycles. The molecule has 0 bridgehead atoms. The highest BCUT2D eigenvalue weighted by molar-refractivity contribution is 6.09. The SMILES string of the molecule is Cc1c(C(=O)Nc2ccc3c(c2)CN(C2CCC(=O)NC2=O)C3=O)[nH]c2c(F)cccc12. The molecule has 1 saturated heterocycles. The lowest BCUT2D eigenvalue weighted by atomic mass is 10.0. The number of rotatable bonds is 3. The first-order valence-corrected chi connectivity index (χ1v) is 10.2. The molecular weight excluding hydrogens is 415 g/mol. The molecule has 162 valence electrons. The molecule has 3 aromatic rings. The number of para-hydroxylation sites is 1. The van der Waals surface area contributed by atoms with E-state index in [0.29, 0.717) is 27.8 Å². The van der Waals surface area contributed by atoms with Crippen molar-refractivity contribution in [2.75, 3.05) is 5.32 Å². The Morgan fingerprint density at radius 3 is 2.75 bits per heavy atom. The van der Waals surface area contributed by atoms with Gasteiger partial charge in [-0.15, -0.1) is 0 Å². The van der Waals surface area contributed by atoms with Crippen molar-refractivity contribution in [1.82, 2.24) is 15.2 Å². The van der Waals surface area contributed by atoms with Crippen LogP contribution in [0.25, 0.3) is 10.9 Å². The first-order chi connectivity index (χ1) is 15.3. The van der Waals surface area contributed by atoms with E-state index >= 15 is 0 Å². The second kappa shape index (κ2) is 7.30. The minimum Gasteiger partial charge on any atom is -0.348 e. The molecule has 1 fully saturated rings. The lowest BCUT2D eigenvalue weighted by Crippen LogP contribution is -2.52. The summed E-state index contributed by atoms with van der Waals surface area (Å²) >= 11 is 0. The molecule has 2 aliphatic heterocycles. The summed E-state index contributed by atoms with van der Waals surface area (Å²) in [6, 6.07) is 8.87. The molecule has 2 aromatic carbocycles. The number of hydrogen-bond donors (Lipinski definition) is 3. The van der Waals surface area contributed by atoms with Crippen LogP contribution in [0.5, 0.6) is 0 Å². The smallest absolute Gasteiger partial charge is 0.272 e. The average Bonchev–Trinajstić information content (AvgIpc) is 3.26. The van der Waals surface area contributed by atoms with Crippen LogP contribution in [0.3, 0.4) is 0 Å². The maximum Gasteiger partial charge on any atom is 0.272 e. The van der Waals surface area contributed by atoms with Gasteiger partial charge in [0.05, 0.1) is 5.52 Å². The number of aromatic nitrogens is 1. The van der Waals surface area contributed by atoms with E-state index < -0.39 is 23.7 Å². The molecule has 3 heterocycles. The predicted molar refractivity (Wildman–Crippen MR) is 113 cm³/mol. The van der Waals surface area contributed by atoms with Gasteiger partial charge in [0.25, 0.3) is 11.8 Å². The summed E-state index contributed by atoms with van der Waals surface area (Å²) in [5.74, 6) is -1.96. The van der Waals surface area contributed by atoms with E-state index in [1.165, 1.54) is 11.0 Å². The monoisotopic (exact) mass is 434 g/mol. The Morgan fingerprint density at radius 2 is 2.00 bits per heavy atom. The van der Waals surface area contributed by atoms with Gasteiger partial charge in [0.15, 0.2) is 0 Å². The number of carbonyl (C=O) groups excluding carboxylic acids is 4. The minimum atomic E-state index is -0.700. The second-order valence-electron chi connectivity index (χ2n) is 8.01. The third kappa shape index (κ3) is 3.13. The van der Waals surface area contributed by atoms with Gasteiger partial charge < -0.3 is 15.2 Å². The number of aryl methyl sites for hydroxylation is 1. The zero-order valence-electron chi connectivity index (χ0n) is 17.1. The molecule has 1 unspecified atom stereocenters. The number of hydrogen-bond acceptors (Lipinski definition) is 4. The van der Waals surface area contributed by atoms with E-state index in [2.05, 4.69) is 15.6 Å². The zero-order valence-corrected chi connectivity index (χ0v) is 17.1. The molecule has 1 aromatic heterocycles. The van der Waals surface area contributed by atoms with Gasteiger partial charge in [0.2, 0.25) is 11.8 Å². The lowest BCUT2D eigenvalue weighted by molar-refractivity contribution is -0.136. The molecular formula is C23H19FN4O4. The van der Waals surface area contributed by atoms with Gasteiger partial charge in [-0.1, -0.05) is 12.1 Å². The number of halogens is 1. The van der Waals surface area contributed by atoms with Crippen molar-refractivity contribution in [1.29, 1.82) is 0 Å². The van der Waals surface area contributed by atoms with Gasteiger partial charge in [0.1, 0.15) is 17.6 Å². The van der Waals surface area contributed by atoms with Crippen LogP contribution in [0.2, 0.25) is 0 Å². The Bertz CT molecular complexity index is 1330. The summed E-state index contributed by atoms with van der Waals surface area (Å²) in [5, 5.41) is 5.69. The van der Waals surface area contributed by atoms with Crippen molar-refractivity contribution in [3.8, 4) is 0 Å². The third-order valence-corrected chi connectivity index (χ3v) is 6.05. The van der Waals surface area contributed by atoms with E-state index in [4.69, 9.17) is 0 Å². The van der Waals surface area contributed by atoms with Gasteiger partial charge in [-0.25, -0.2) is 4.39 Å². The Kier molecular flexibility index (Phi) is 4.54. The number of nitrogens with one attached hydrogen (secondary N) is 3. The van der Waals surface area contributed by atoms with Crippen LogP contribution in [0, 0.1) is 12.7 Å². The van der Waals surface area contributed by atoms with Gasteiger partial charge in [-0.2, -0.15) is 0 Å². The highest BCUT2D eigenvalue weighted by Gasteiger charge is 2.39. The number of aromatic amines is 1. The molecule has 2 aliphatic rings. The maximum absolute atomic E-state index is 14.0. The Balaban J connectivity index is 1.37. The molecule has 0 radical (unpaired) electrons. The Morgan fingerprint density at radius 1 is 1.19 bits per heavy atom. The minimum absolute atomic E-state index is 0.183. The first-order valence-electron chi connectivity index (χ1n) is 10.2. The van der Waals surface area contributed by atoms with Crippen molar-refractivity contribution in [3.63, 3.8) is 0 Å². The molecule has 5 rings (SSSR count). The number of nitrogens with zero attached hydrogens (tertiary/aromatic N) is 1. The van der Waals surface area contributed by atoms with Crippen molar-refractivity contribution >= 4 is 40.2 Å². The molecule has 32 heavy (non-hydrogen) atoms. The van der Waals surface area contributed by atoms with Gasteiger partial charge >= 0.3 is 0 Å². The third-order valence-electron chi connectivity index (χ3n) is 6.05. The molecule has 9 heteroatoms. The van der Waals surface area contributed by atoms with Crippen LogP contribution >= 0.6 is 0 Å². The van der Waals surface area contributed by atoms with Gasteiger partial charge in [0, 0.05) is 29.6 Å². The molecule has 0 saturated carbocycles. The predicted octanol–water partition coefficient (Wildman–Crippen LogP) is 2.63. The second-order valence-corrected chi connectivity index (χ2v) is 8.01. The summed E-state index contributed by atoms with van der Waals surface area (Å²) in [4.78, 5) is 53.5.